The molecule has 12 nitrogen and oxygen atoms in total. The molecule has 284 valence electrons. The van der Waals surface area contributed by atoms with E-state index in [9.17, 15) is 19.5 Å². The zero-order valence-electron chi connectivity index (χ0n) is 31.3. The number of fused-ring (bicyclic) bond motifs is 2. The molecule has 2 aliphatic rings. The maximum Gasteiger partial charge on any atom is 0.265 e. The molecule has 0 saturated carbocycles. The van der Waals surface area contributed by atoms with Crippen LogP contribution in [0.5, 0.6) is 0 Å². The lowest BCUT2D eigenvalue weighted by Crippen LogP contribution is -2.53. The van der Waals surface area contributed by atoms with Gasteiger partial charge in [0, 0.05) is 73.2 Å². The van der Waals surface area contributed by atoms with Crippen molar-refractivity contribution >= 4 is 45.1 Å². The van der Waals surface area contributed by atoms with Crippen LogP contribution in [0.3, 0.4) is 0 Å². The summed E-state index contributed by atoms with van der Waals surface area (Å²) in [6, 6.07) is 25.7. The van der Waals surface area contributed by atoms with Crippen molar-refractivity contribution in [3.05, 3.63) is 136 Å². The molecule has 2 amide bonds. The van der Waals surface area contributed by atoms with E-state index in [1.165, 1.54) is 22.2 Å². The average Bonchev–Trinajstić information content (AvgIpc) is 3.96. The largest absolute Gasteiger partial charge is 0.388 e. The summed E-state index contributed by atoms with van der Waals surface area (Å²) in [4.78, 5) is 60.1. The quantitative estimate of drug-likeness (QED) is 0.214. The fourth-order valence-electron chi connectivity index (χ4n) is 8.36. The monoisotopic (exact) mass is 766 g/mol. The van der Waals surface area contributed by atoms with Crippen molar-refractivity contribution in [3.8, 4) is 10.6 Å². The smallest absolute Gasteiger partial charge is 0.265 e. The van der Waals surface area contributed by atoms with Crippen molar-refractivity contribution in [1.82, 2.24) is 38.7 Å². The first-order chi connectivity index (χ1) is 27.2. The van der Waals surface area contributed by atoms with Crippen molar-refractivity contribution in [2.45, 2.75) is 51.2 Å². The van der Waals surface area contributed by atoms with E-state index in [2.05, 4.69) is 9.97 Å². The third-order valence-corrected chi connectivity index (χ3v) is 12.7. The summed E-state index contributed by atoms with van der Waals surface area (Å²) in [7, 11) is 0. The Kier molecular flexibility index (Phi) is 9.13. The molecule has 2 aromatic carbocycles. The van der Waals surface area contributed by atoms with Crippen LogP contribution in [-0.2, 0) is 11.3 Å². The number of aliphatic hydroxyl groups is 1. The number of hydrogen-bond acceptors (Lipinski definition) is 8. The van der Waals surface area contributed by atoms with Crippen LogP contribution in [0, 0.1) is 19.8 Å². The van der Waals surface area contributed by atoms with Gasteiger partial charge in [-0.25, -0.2) is 14.6 Å². The standard InChI is InChI=1S/C43H42N8O4S/c1-28-12-13-32(24-44-28)39-46-29(2)37(56-39)42(54)48-19-15-33(35(25-48)30-8-4-3-5-9-30)40(52)47-22-17-43(55,18-23-47)26-49-27-45-38-34(41(49)53)16-21-51(38)50-20-14-31-10-6-7-11-36(31)50/h3-14,16,20-21,24,27,33,35,55H,15,17-19,22-23,25-26H2,1-2H3/t33-,35+/m1/s1. The molecule has 0 radical (unpaired) electrons. The topological polar surface area (TPSA) is 131 Å². The van der Waals surface area contributed by atoms with E-state index >= 15 is 0 Å². The summed E-state index contributed by atoms with van der Waals surface area (Å²) in [6.07, 6.45) is 8.26. The highest BCUT2D eigenvalue weighted by atomic mass is 32.1. The second kappa shape index (κ2) is 14.3. The number of hydrogen-bond donors (Lipinski definition) is 1. The van der Waals surface area contributed by atoms with Gasteiger partial charge in [-0.1, -0.05) is 48.5 Å². The van der Waals surface area contributed by atoms with Crippen LogP contribution in [0.25, 0.3) is 32.5 Å². The van der Waals surface area contributed by atoms with Crippen LogP contribution >= 0.6 is 11.3 Å². The Hall–Kier alpha value is -5.92. The lowest BCUT2D eigenvalue weighted by molar-refractivity contribution is -0.142. The molecule has 2 atom stereocenters. The molecule has 7 aromatic rings. The van der Waals surface area contributed by atoms with Gasteiger partial charge in [0.15, 0.2) is 5.65 Å². The van der Waals surface area contributed by atoms with Crippen LogP contribution in [-0.4, -0.2) is 87.4 Å². The number of aromatic nitrogens is 6. The number of rotatable bonds is 7. The van der Waals surface area contributed by atoms with E-state index < -0.39 is 5.60 Å². The van der Waals surface area contributed by atoms with Gasteiger partial charge in [-0.05, 0) is 69.0 Å². The number of pyridine rings is 1. The van der Waals surface area contributed by atoms with Gasteiger partial charge in [0.1, 0.15) is 16.2 Å². The minimum Gasteiger partial charge on any atom is -0.388 e. The highest BCUT2D eigenvalue weighted by Gasteiger charge is 2.42. The number of aryl methyl sites for hydroxylation is 2. The number of carbonyl (C=O) groups is 2. The summed E-state index contributed by atoms with van der Waals surface area (Å²) in [5, 5.41) is 14.1. The van der Waals surface area contributed by atoms with Crippen LogP contribution in [0.4, 0.5) is 0 Å². The molecular formula is C43H42N8O4S. The molecule has 2 saturated heterocycles. The molecule has 0 spiro atoms. The maximum absolute atomic E-state index is 14.3. The van der Waals surface area contributed by atoms with Crippen molar-refractivity contribution in [2.75, 3.05) is 26.2 Å². The van der Waals surface area contributed by atoms with Crippen molar-refractivity contribution in [3.63, 3.8) is 0 Å². The normalized spacial score (nSPS) is 18.5. The Morgan fingerprint density at radius 2 is 1.64 bits per heavy atom. The predicted molar refractivity (Wildman–Crippen MR) is 216 cm³/mol. The minimum atomic E-state index is -1.18. The fraction of sp³-hybridized carbons (Fsp3) is 0.302. The first-order valence-corrected chi connectivity index (χ1v) is 19.9. The Labute approximate surface area is 327 Å². The van der Waals surface area contributed by atoms with Gasteiger partial charge in [-0.3, -0.25) is 28.6 Å². The molecule has 7 heterocycles. The van der Waals surface area contributed by atoms with Crippen LogP contribution in [0.2, 0.25) is 0 Å². The van der Waals surface area contributed by atoms with Crippen molar-refractivity contribution < 1.29 is 14.7 Å². The third kappa shape index (κ3) is 6.50. The Morgan fingerprint density at radius 1 is 0.875 bits per heavy atom. The summed E-state index contributed by atoms with van der Waals surface area (Å²) in [5.41, 5.74) is 3.64. The molecule has 5 aromatic heterocycles. The van der Waals surface area contributed by atoms with E-state index in [0.717, 1.165) is 32.7 Å². The van der Waals surface area contributed by atoms with Crippen LogP contribution in [0.1, 0.15) is 51.8 Å². The second-order valence-corrected chi connectivity index (χ2v) is 16.1. The lowest BCUT2D eigenvalue weighted by atomic mass is 9.79. The van der Waals surface area contributed by atoms with E-state index in [-0.39, 0.29) is 35.8 Å². The van der Waals surface area contributed by atoms with Gasteiger partial charge >= 0.3 is 0 Å². The average molecular weight is 767 g/mol. The Balaban J connectivity index is 0.886. The minimum absolute atomic E-state index is 0.0373. The molecule has 56 heavy (non-hydrogen) atoms. The highest BCUT2D eigenvalue weighted by Crippen LogP contribution is 2.37. The number of nitrogens with zero attached hydrogens (tertiary/aromatic N) is 8. The summed E-state index contributed by atoms with van der Waals surface area (Å²) in [6.45, 7) is 5.49. The van der Waals surface area contributed by atoms with Gasteiger partial charge < -0.3 is 14.9 Å². The summed E-state index contributed by atoms with van der Waals surface area (Å²) >= 11 is 1.38. The molecular weight excluding hydrogens is 725 g/mol. The van der Waals surface area contributed by atoms with E-state index in [1.807, 2.05) is 118 Å². The number of likely N-dealkylation sites (tertiary alicyclic amines) is 2. The number of piperidine rings is 2. The molecule has 2 aliphatic heterocycles. The zero-order chi connectivity index (χ0) is 38.6. The van der Waals surface area contributed by atoms with Crippen LogP contribution in [0.15, 0.2) is 109 Å². The molecule has 0 bridgehead atoms. The second-order valence-electron chi connectivity index (χ2n) is 15.1. The number of para-hydroxylation sites is 1. The number of thiazole rings is 1. The zero-order valence-corrected chi connectivity index (χ0v) is 32.1. The van der Waals surface area contributed by atoms with E-state index in [1.54, 1.807) is 12.3 Å². The number of benzene rings is 2. The summed E-state index contributed by atoms with van der Waals surface area (Å²) < 4.78 is 5.30. The molecule has 1 N–H and O–H groups in total. The third-order valence-electron chi connectivity index (χ3n) is 11.5. The van der Waals surface area contributed by atoms with E-state index in [4.69, 9.17) is 4.98 Å². The molecule has 0 aliphatic carbocycles. The Morgan fingerprint density at radius 3 is 2.43 bits per heavy atom. The van der Waals surface area contributed by atoms with Gasteiger partial charge in [0.25, 0.3) is 11.5 Å². The van der Waals surface area contributed by atoms with E-state index in [0.29, 0.717) is 67.0 Å². The van der Waals surface area contributed by atoms with Crippen molar-refractivity contribution in [1.29, 1.82) is 0 Å². The van der Waals surface area contributed by atoms with Crippen LogP contribution < -0.4 is 5.56 Å². The van der Waals surface area contributed by atoms with Gasteiger partial charge in [0.2, 0.25) is 5.91 Å². The lowest BCUT2D eigenvalue weighted by Gasteiger charge is -2.43. The molecule has 2 fully saturated rings. The first-order valence-electron chi connectivity index (χ1n) is 19.0. The van der Waals surface area contributed by atoms with Gasteiger partial charge in [-0.2, -0.15) is 0 Å². The fourth-order valence-corrected chi connectivity index (χ4v) is 9.39. The van der Waals surface area contributed by atoms with Gasteiger partial charge in [0.05, 0.1) is 28.7 Å². The summed E-state index contributed by atoms with van der Waals surface area (Å²) in [5.74, 6) is -0.543. The number of amides is 2. The highest BCUT2D eigenvalue weighted by molar-refractivity contribution is 7.17. The molecule has 13 heteroatoms. The molecule has 0 unspecified atom stereocenters. The van der Waals surface area contributed by atoms with Gasteiger partial charge in [-0.15, -0.1) is 11.3 Å². The number of carbonyl (C=O) groups excluding carboxylic acids is 2. The Bertz CT molecular complexity index is 2640. The maximum atomic E-state index is 14.3. The predicted octanol–water partition coefficient (Wildman–Crippen LogP) is 5.90. The van der Waals surface area contributed by atoms with Crippen molar-refractivity contribution in [2.24, 2.45) is 5.92 Å². The first kappa shape index (κ1) is 35.8. The molecule has 9 rings (SSSR count). The SMILES string of the molecule is Cc1ccc(-c2nc(C)c(C(=O)N3CC[C@@H](C(=O)N4CCC(O)(Cn5cnc6c(ccn6-n6ccc7ccccc76)c5=O)CC4)[C@H](c4ccccc4)C3)s2)cn1.